The van der Waals surface area contributed by atoms with E-state index in [-0.39, 0.29) is 13.0 Å². The van der Waals surface area contributed by atoms with Crippen LogP contribution in [0.4, 0.5) is 0 Å². The van der Waals surface area contributed by atoms with Crippen molar-refractivity contribution < 1.29 is 24.5 Å². The van der Waals surface area contributed by atoms with E-state index in [0.717, 1.165) is 0 Å². The van der Waals surface area contributed by atoms with Gasteiger partial charge in [0.2, 0.25) is 5.88 Å². The van der Waals surface area contributed by atoms with Gasteiger partial charge in [0.1, 0.15) is 6.10 Å². The van der Waals surface area contributed by atoms with Crippen LogP contribution < -0.4 is 4.74 Å². The number of ether oxygens (including phenoxy) is 2. The summed E-state index contributed by atoms with van der Waals surface area (Å²) in [4.78, 5) is 15.1. The SMILES string of the molecule is CCOC(=O)CC(O)C(O)c1ccc(OC)nc1. The zero-order chi connectivity index (χ0) is 13.5. The molecule has 0 saturated carbocycles. The van der Waals surface area contributed by atoms with Gasteiger partial charge in [0.25, 0.3) is 0 Å². The molecule has 1 aromatic heterocycles. The highest BCUT2D eigenvalue weighted by Gasteiger charge is 2.22. The van der Waals surface area contributed by atoms with Crippen LogP contribution in [-0.4, -0.2) is 41.0 Å². The summed E-state index contributed by atoms with van der Waals surface area (Å²) in [6.07, 6.45) is -1.29. The third kappa shape index (κ3) is 3.97. The average molecular weight is 255 g/mol. The first-order chi connectivity index (χ1) is 8.58. The van der Waals surface area contributed by atoms with E-state index in [1.54, 1.807) is 19.1 Å². The van der Waals surface area contributed by atoms with Crippen molar-refractivity contribution in [3.63, 3.8) is 0 Å². The van der Waals surface area contributed by atoms with Crippen molar-refractivity contribution in [3.8, 4) is 5.88 Å². The number of nitrogens with zero attached hydrogens (tertiary/aromatic N) is 1. The number of rotatable bonds is 6. The Morgan fingerprint density at radius 2 is 2.17 bits per heavy atom. The van der Waals surface area contributed by atoms with E-state index in [0.29, 0.717) is 11.4 Å². The Kier molecular flexibility index (Phi) is 5.54. The maximum Gasteiger partial charge on any atom is 0.308 e. The quantitative estimate of drug-likeness (QED) is 0.717. The summed E-state index contributed by atoms with van der Waals surface area (Å²) < 4.78 is 9.57. The van der Waals surface area contributed by atoms with E-state index in [9.17, 15) is 15.0 Å². The van der Waals surface area contributed by atoms with Gasteiger partial charge in [-0.25, -0.2) is 4.98 Å². The fourth-order valence-corrected chi connectivity index (χ4v) is 1.41. The van der Waals surface area contributed by atoms with Crippen LogP contribution >= 0.6 is 0 Å². The number of hydrogen-bond acceptors (Lipinski definition) is 6. The highest BCUT2D eigenvalue weighted by atomic mass is 16.5. The second-order valence-electron chi connectivity index (χ2n) is 3.66. The van der Waals surface area contributed by atoms with E-state index < -0.39 is 18.2 Å². The monoisotopic (exact) mass is 255 g/mol. The molecule has 0 spiro atoms. The number of carbonyl (C=O) groups is 1. The Morgan fingerprint density at radius 1 is 1.44 bits per heavy atom. The lowest BCUT2D eigenvalue weighted by Gasteiger charge is -2.17. The van der Waals surface area contributed by atoms with Crippen LogP contribution in [0.15, 0.2) is 18.3 Å². The first kappa shape index (κ1) is 14.4. The van der Waals surface area contributed by atoms with Crippen molar-refractivity contribution in [2.75, 3.05) is 13.7 Å². The maximum absolute atomic E-state index is 11.2. The van der Waals surface area contributed by atoms with Crippen molar-refractivity contribution in [1.29, 1.82) is 0 Å². The lowest BCUT2D eigenvalue weighted by Crippen LogP contribution is -2.23. The van der Waals surface area contributed by atoms with E-state index in [4.69, 9.17) is 4.74 Å². The van der Waals surface area contributed by atoms with E-state index in [1.165, 1.54) is 13.3 Å². The first-order valence-electron chi connectivity index (χ1n) is 5.60. The summed E-state index contributed by atoms with van der Waals surface area (Å²) in [6.45, 7) is 1.92. The molecule has 2 N–H and O–H groups in total. The second-order valence-corrected chi connectivity index (χ2v) is 3.66. The molecule has 100 valence electrons. The van der Waals surface area contributed by atoms with Crippen molar-refractivity contribution in [1.82, 2.24) is 4.98 Å². The molecule has 0 fully saturated rings. The molecule has 0 aromatic carbocycles. The Labute approximate surface area is 105 Å². The lowest BCUT2D eigenvalue weighted by molar-refractivity contribution is -0.147. The molecule has 2 unspecified atom stereocenters. The van der Waals surface area contributed by atoms with Gasteiger partial charge in [0.15, 0.2) is 0 Å². The molecule has 1 aromatic rings. The van der Waals surface area contributed by atoms with Gasteiger partial charge >= 0.3 is 5.97 Å². The molecule has 2 atom stereocenters. The van der Waals surface area contributed by atoms with Gasteiger partial charge in [0.05, 0.1) is 26.2 Å². The van der Waals surface area contributed by atoms with Gasteiger partial charge in [0, 0.05) is 17.8 Å². The number of carbonyl (C=O) groups excluding carboxylic acids is 1. The Hall–Kier alpha value is -1.66. The number of aromatic nitrogens is 1. The van der Waals surface area contributed by atoms with Crippen molar-refractivity contribution >= 4 is 5.97 Å². The number of hydrogen-bond donors (Lipinski definition) is 2. The Balaban J connectivity index is 2.61. The Morgan fingerprint density at radius 3 is 2.67 bits per heavy atom. The van der Waals surface area contributed by atoms with Crippen molar-refractivity contribution in [3.05, 3.63) is 23.9 Å². The number of esters is 1. The van der Waals surface area contributed by atoms with Gasteiger partial charge in [-0.1, -0.05) is 0 Å². The predicted molar refractivity (Wildman–Crippen MR) is 63.0 cm³/mol. The highest BCUT2D eigenvalue weighted by Crippen LogP contribution is 2.20. The van der Waals surface area contributed by atoms with E-state index in [2.05, 4.69) is 9.72 Å². The summed E-state index contributed by atoms with van der Waals surface area (Å²) >= 11 is 0. The molecule has 6 nitrogen and oxygen atoms in total. The largest absolute Gasteiger partial charge is 0.481 e. The van der Waals surface area contributed by atoms with Crippen LogP contribution in [0.25, 0.3) is 0 Å². The molecule has 0 aliphatic heterocycles. The fraction of sp³-hybridized carbons (Fsp3) is 0.500. The van der Waals surface area contributed by atoms with E-state index in [1.807, 2.05) is 0 Å². The zero-order valence-electron chi connectivity index (χ0n) is 10.4. The number of aliphatic hydroxyl groups excluding tert-OH is 2. The molecular weight excluding hydrogens is 238 g/mol. The van der Waals surface area contributed by atoms with Crippen LogP contribution in [0, 0.1) is 0 Å². The lowest BCUT2D eigenvalue weighted by atomic mass is 10.0. The highest BCUT2D eigenvalue weighted by molar-refractivity contribution is 5.70. The van der Waals surface area contributed by atoms with Crippen LogP contribution in [-0.2, 0) is 9.53 Å². The summed E-state index contributed by atoms with van der Waals surface area (Å²) in [5, 5.41) is 19.5. The summed E-state index contributed by atoms with van der Waals surface area (Å²) in [6, 6.07) is 3.14. The van der Waals surface area contributed by atoms with Crippen LogP contribution in [0.2, 0.25) is 0 Å². The molecule has 0 bridgehead atoms. The molecule has 0 aliphatic rings. The average Bonchev–Trinajstić information content (AvgIpc) is 2.38. The zero-order valence-corrected chi connectivity index (χ0v) is 10.4. The number of pyridine rings is 1. The number of methoxy groups -OCH3 is 1. The fourth-order valence-electron chi connectivity index (χ4n) is 1.41. The van der Waals surface area contributed by atoms with Gasteiger partial charge in [-0.15, -0.1) is 0 Å². The van der Waals surface area contributed by atoms with Gasteiger partial charge in [-0.3, -0.25) is 4.79 Å². The standard InChI is InChI=1S/C12H17NO5/c1-3-18-11(15)6-9(14)12(16)8-4-5-10(17-2)13-7-8/h4-5,7,9,12,14,16H,3,6H2,1-2H3. The van der Waals surface area contributed by atoms with Crippen molar-refractivity contribution in [2.24, 2.45) is 0 Å². The normalized spacial score (nSPS) is 13.8. The van der Waals surface area contributed by atoms with Gasteiger partial charge < -0.3 is 19.7 Å². The first-order valence-corrected chi connectivity index (χ1v) is 5.60. The molecule has 18 heavy (non-hydrogen) atoms. The van der Waals surface area contributed by atoms with Crippen LogP contribution in [0.5, 0.6) is 5.88 Å². The van der Waals surface area contributed by atoms with Gasteiger partial charge in [-0.05, 0) is 13.0 Å². The minimum Gasteiger partial charge on any atom is -0.481 e. The third-order valence-electron chi connectivity index (χ3n) is 2.36. The topological polar surface area (TPSA) is 88.9 Å². The molecule has 1 rings (SSSR count). The van der Waals surface area contributed by atoms with Crippen LogP contribution in [0.3, 0.4) is 0 Å². The molecule has 6 heteroatoms. The molecule has 0 amide bonds. The maximum atomic E-state index is 11.2. The minimum absolute atomic E-state index is 0.242. The molecule has 0 radical (unpaired) electrons. The third-order valence-corrected chi connectivity index (χ3v) is 2.36. The van der Waals surface area contributed by atoms with E-state index >= 15 is 0 Å². The smallest absolute Gasteiger partial charge is 0.308 e. The molecule has 1 heterocycles. The molecular formula is C12H17NO5. The van der Waals surface area contributed by atoms with Gasteiger partial charge in [-0.2, -0.15) is 0 Å². The minimum atomic E-state index is -1.22. The summed E-state index contributed by atoms with van der Waals surface area (Å²) in [5.74, 6) is -0.142. The summed E-state index contributed by atoms with van der Waals surface area (Å²) in [7, 11) is 1.48. The Bertz CT molecular complexity index is 379. The summed E-state index contributed by atoms with van der Waals surface area (Å²) in [5.41, 5.74) is 0.410. The predicted octanol–water partition coefficient (Wildman–Crippen LogP) is 0.438. The molecule has 0 aliphatic carbocycles. The van der Waals surface area contributed by atoms with Crippen molar-refractivity contribution in [2.45, 2.75) is 25.6 Å². The molecule has 0 saturated heterocycles. The number of aliphatic hydroxyl groups is 2. The van der Waals surface area contributed by atoms with Crippen LogP contribution in [0.1, 0.15) is 25.0 Å². The second kappa shape index (κ2) is 6.93.